The second-order valence-electron chi connectivity index (χ2n) is 11.5. The molecule has 3 aliphatic rings. The Balaban J connectivity index is 1.48. The molecule has 4 rings (SSSR count). The molecular weight excluding hydrogens is 638 g/mol. The molecule has 47 heavy (non-hydrogen) atoms. The number of rotatable bonds is 13. The summed E-state index contributed by atoms with van der Waals surface area (Å²) in [6.45, 7) is -1.41. The fourth-order valence-electron chi connectivity index (χ4n) is 5.82. The fourth-order valence-corrected chi connectivity index (χ4v) is 5.82. The molecule has 1 aromatic heterocycles. The van der Waals surface area contributed by atoms with Gasteiger partial charge in [-0.1, -0.05) is 5.21 Å². The summed E-state index contributed by atoms with van der Waals surface area (Å²) < 4.78 is 39.9. The van der Waals surface area contributed by atoms with E-state index in [2.05, 4.69) is 10.3 Å². The van der Waals surface area contributed by atoms with Crippen molar-refractivity contribution in [3.8, 4) is 0 Å². The molecule has 0 radical (unpaired) electrons. The van der Waals surface area contributed by atoms with Gasteiger partial charge < -0.3 is 74.0 Å². The van der Waals surface area contributed by atoms with Gasteiger partial charge in [0.2, 0.25) is 0 Å². The number of aromatic nitrogens is 3. The largest absolute Gasteiger partial charge is 0.469 e. The smallest absolute Gasteiger partial charge is 0.309 e. The van der Waals surface area contributed by atoms with E-state index in [9.17, 15) is 45.3 Å². The van der Waals surface area contributed by atoms with Crippen LogP contribution in [-0.4, -0.2) is 175 Å². The van der Waals surface area contributed by atoms with Gasteiger partial charge in [0, 0.05) is 0 Å². The van der Waals surface area contributed by atoms with Gasteiger partial charge in [-0.2, -0.15) is 0 Å². The van der Waals surface area contributed by atoms with Crippen molar-refractivity contribution in [2.45, 2.75) is 99.6 Å². The molecule has 1 saturated carbocycles. The maximum absolute atomic E-state index is 12.7. The van der Waals surface area contributed by atoms with Crippen LogP contribution in [0.15, 0.2) is 6.20 Å². The number of esters is 2. The Morgan fingerprint density at radius 2 is 1.38 bits per heavy atom. The Morgan fingerprint density at radius 3 is 1.96 bits per heavy atom. The van der Waals surface area contributed by atoms with Gasteiger partial charge in [-0.15, -0.1) is 5.10 Å². The highest BCUT2D eigenvalue weighted by Crippen LogP contribution is 2.38. The third-order valence-corrected chi connectivity index (χ3v) is 8.53. The van der Waals surface area contributed by atoms with Crippen molar-refractivity contribution in [1.29, 1.82) is 0 Å². The van der Waals surface area contributed by atoms with Crippen LogP contribution in [-0.2, 0) is 55.9 Å². The van der Waals surface area contributed by atoms with E-state index >= 15 is 0 Å². The molecule has 0 amide bonds. The van der Waals surface area contributed by atoms with E-state index in [0.717, 1.165) is 14.2 Å². The molecule has 8 N–H and O–H groups in total. The lowest BCUT2D eigenvalue weighted by Gasteiger charge is -2.45. The maximum atomic E-state index is 12.7. The summed E-state index contributed by atoms with van der Waals surface area (Å²) in [7, 11) is 2.27. The maximum Gasteiger partial charge on any atom is 0.309 e. The van der Waals surface area contributed by atoms with E-state index in [1.807, 2.05) is 0 Å². The third-order valence-electron chi connectivity index (χ3n) is 8.53. The third kappa shape index (κ3) is 8.60. The Labute approximate surface area is 268 Å². The summed E-state index contributed by atoms with van der Waals surface area (Å²) in [4.78, 5) is 25.4. The molecule has 3 heterocycles. The average Bonchev–Trinajstić information content (AvgIpc) is 3.55. The summed E-state index contributed by atoms with van der Waals surface area (Å²) in [6, 6.07) is 0. The first-order chi connectivity index (χ1) is 22.4. The molecule has 2 aliphatic heterocycles. The van der Waals surface area contributed by atoms with Crippen molar-refractivity contribution < 1.29 is 83.6 Å². The standard InChI is InChI=1S/C27H43N3O17/c1-41-24(39)12-5-14(15(6-13(12)25(40)42-2)45-27-23(38)20(35)18(33)16(9-32)46-27)44-10-17-19(34)21(36)22(37)26(47-17)43-4-3-30-7-11(8-31)28-29-30/h7,12-23,26-27,31-38H,3-6,8-10H2,1-2H3/t12-,13-,14-,15-,16+,17+,18+,19+,20-,21-,22-,23-,26-,27-/m0/s1. The summed E-state index contributed by atoms with van der Waals surface area (Å²) in [5, 5.41) is 88.9. The number of aliphatic hydroxyl groups is 8. The van der Waals surface area contributed by atoms with Crippen LogP contribution < -0.4 is 0 Å². The van der Waals surface area contributed by atoms with E-state index in [1.54, 1.807) is 0 Å². The highest BCUT2D eigenvalue weighted by Gasteiger charge is 2.51. The first kappa shape index (κ1) is 37.4. The van der Waals surface area contributed by atoms with Crippen molar-refractivity contribution in [3.05, 3.63) is 11.9 Å². The van der Waals surface area contributed by atoms with Crippen molar-refractivity contribution in [1.82, 2.24) is 15.0 Å². The zero-order valence-electron chi connectivity index (χ0n) is 25.7. The van der Waals surface area contributed by atoms with E-state index in [1.165, 1.54) is 10.9 Å². The average molecular weight is 682 g/mol. The predicted molar refractivity (Wildman–Crippen MR) is 147 cm³/mol. The minimum atomic E-state index is -1.78. The monoisotopic (exact) mass is 681 g/mol. The van der Waals surface area contributed by atoms with Gasteiger partial charge in [-0.3, -0.25) is 9.59 Å². The first-order valence-electron chi connectivity index (χ1n) is 15.0. The molecule has 0 aromatic carbocycles. The number of methoxy groups -OCH3 is 2. The van der Waals surface area contributed by atoms with Crippen LogP contribution in [0.1, 0.15) is 18.5 Å². The van der Waals surface area contributed by atoms with Gasteiger partial charge in [-0.05, 0) is 12.8 Å². The first-order valence-corrected chi connectivity index (χ1v) is 15.0. The molecule has 20 heteroatoms. The normalized spacial score (nSPS) is 39.4. The Kier molecular flexibility index (Phi) is 13.4. The summed E-state index contributed by atoms with van der Waals surface area (Å²) in [5.74, 6) is -3.68. The molecular formula is C27H43N3O17. The Hall–Kier alpha value is -2.44. The predicted octanol–water partition coefficient (Wildman–Crippen LogP) is -5.46. The number of aliphatic hydroxyl groups excluding tert-OH is 8. The highest BCUT2D eigenvalue weighted by molar-refractivity contribution is 5.82. The van der Waals surface area contributed by atoms with Crippen LogP contribution in [0.25, 0.3) is 0 Å². The second-order valence-corrected chi connectivity index (χ2v) is 11.5. The van der Waals surface area contributed by atoms with Gasteiger partial charge in [0.15, 0.2) is 12.6 Å². The summed E-state index contributed by atoms with van der Waals surface area (Å²) in [5.41, 5.74) is 0.332. The van der Waals surface area contributed by atoms with E-state index < -0.39 is 111 Å². The number of nitrogens with zero attached hydrogens (tertiary/aromatic N) is 3. The van der Waals surface area contributed by atoms with Crippen molar-refractivity contribution in [2.24, 2.45) is 11.8 Å². The van der Waals surface area contributed by atoms with Crippen LogP contribution in [0.4, 0.5) is 0 Å². The fraction of sp³-hybridized carbons (Fsp3) is 0.852. The van der Waals surface area contributed by atoms with Crippen LogP contribution in [0.2, 0.25) is 0 Å². The van der Waals surface area contributed by atoms with Gasteiger partial charge in [0.25, 0.3) is 0 Å². The van der Waals surface area contributed by atoms with Gasteiger partial charge in [-0.25, -0.2) is 4.68 Å². The number of ether oxygens (including phenoxy) is 7. The Bertz CT molecular complexity index is 1160. The van der Waals surface area contributed by atoms with E-state index in [-0.39, 0.29) is 32.6 Å². The molecule has 14 atom stereocenters. The van der Waals surface area contributed by atoms with Gasteiger partial charge in [0.1, 0.15) is 54.5 Å². The second kappa shape index (κ2) is 16.8. The lowest BCUT2D eigenvalue weighted by Crippen LogP contribution is -2.61. The molecule has 1 aliphatic carbocycles. The van der Waals surface area contributed by atoms with E-state index in [4.69, 9.17) is 38.3 Å². The lowest BCUT2D eigenvalue weighted by atomic mass is 9.76. The Morgan fingerprint density at radius 1 is 0.809 bits per heavy atom. The molecule has 20 nitrogen and oxygen atoms in total. The zero-order valence-corrected chi connectivity index (χ0v) is 25.7. The molecule has 2 saturated heterocycles. The topological polar surface area (TPSA) is 291 Å². The summed E-state index contributed by atoms with van der Waals surface area (Å²) >= 11 is 0. The van der Waals surface area contributed by atoms with Crippen LogP contribution in [0.3, 0.4) is 0 Å². The minimum absolute atomic E-state index is 0.0697. The molecule has 0 spiro atoms. The quantitative estimate of drug-likeness (QED) is 0.0901. The molecule has 1 aromatic rings. The minimum Gasteiger partial charge on any atom is -0.469 e. The lowest BCUT2D eigenvalue weighted by molar-refractivity contribution is -0.327. The van der Waals surface area contributed by atoms with Crippen LogP contribution >= 0.6 is 0 Å². The van der Waals surface area contributed by atoms with Crippen molar-refractivity contribution >= 4 is 11.9 Å². The summed E-state index contributed by atoms with van der Waals surface area (Å²) in [6.07, 6.45) is -17.0. The van der Waals surface area contributed by atoms with E-state index in [0.29, 0.717) is 5.69 Å². The van der Waals surface area contributed by atoms with Crippen molar-refractivity contribution in [3.63, 3.8) is 0 Å². The zero-order chi connectivity index (χ0) is 34.4. The number of hydrogen-bond acceptors (Lipinski definition) is 19. The number of hydrogen-bond donors (Lipinski definition) is 8. The molecule has 268 valence electrons. The highest BCUT2D eigenvalue weighted by atomic mass is 16.7. The van der Waals surface area contributed by atoms with Gasteiger partial charge in [0.05, 0.1) is 77.4 Å². The number of carbonyl (C=O) groups excluding carboxylic acids is 2. The molecule has 0 unspecified atom stereocenters. The molecule has 0 bridgehead atoms. The molecule has 3 fully saturated rings. The SMILES string of the molecule is COC(=O)[C@H]1C[C@H](OC[C@H]2O[C@H](OCCn3cc(CO)nn3)[C@@H](O)[C@@H](O)[C@@H]2O)[C@@H](O[C@H]2O[C@H](CO)[C@@H](O)[C@H](O)[C@@H]2O)C[C@@H]1C(=O)OC. The van der Waals surface area contributed by atoms with Gasteiger partial charge >= 0.3 is 11.9 Å². The number of carbonyl (C=O) groups is 2. The van der Waals surface area contributed by atoms with Crippen molar-refractivity contribution in [2.75, 3.05) is 34.0 Å². The van der Waals surface area contributed by atoms with Crippen LogP contribution in [0, 0.1) is 11.8 Å². The van der Waals surface area contributed by atoms with Crippen LogP contribution in [0.5, 0.6) is 0 Å².